The van der Waals surface area contributed by atoms with Crippen LogP contribution in [0.4, 0.5) is 26.3 Å². The average molecular weight is 377 g/mol. The highest BCUT2D eigenvalue weighted by molar-refractivity contribution is 5.81. The van der Waals surface area contributed by atoms with Gasteiger partial charge in [-0.3, -0.25) is 14.1 Å². The molecule has 0 saturated heterocycles. The molecule has 0 aromatic heterocycles. The number of quaternary nitrogens is 1. The average Bonchev–Trinajstić information content (AvgIpc) is 2.95. The van der Waals surface area contributed by atoms with Crippen LogP contribution in [0.3, 0.4) is 0 Å². The lowest BCUT2D eigenvalue weighted by molar-refractivity contribution is -0.876. The highest BCUT2D eigenvalue weighted by atomic mass is 19.4. The van der Waals surface area contributed by atoms with E-state index in [9.17, 15) is 35.9 Å². The molecule has 0 bridgehead atoms. The van der Waals surface area contributed by atoms with Gasteiger partial charge in [0.2, 0.25) is 0 Å². The number of amides is 2. The van der Waals surface area contributed by atoms with Gasteiger partial charge in [-0.25, -0.2) is 0 Å². The topological polar surface area (TPSA) is 70.2 Å². The number of nitrogens with zero attached hydrogens (tertiary/aromatic N) is 1. The smallest absolute Gasteiger partial charge is 0.348 e. The molecule has 3 N–H and O–H groups in total. The molecule has 144 valence electrons. The molecule has 0 aromatic rings. The van der Waals surface area contributed by atoms with Crippen LogP contribution >= 0.6 is 0 Å². The Morgan fingerprint density at radius 1 is 0.920 bits per heavy atom. The van der Waals surface area contributed by atoms with Crippen molar-refractivity contribution in [3.63, 3.8) is 0 Å². The van der Waals surface area contributed by atoms with E-state index < -0.39 is 24.2 Å². The lowest BCUT2D eigenvalue weighted by Gasteiger charge is -2.31. The summed E-state index contributed by atoms with van der Waals surface area (Å²) < 4.78 is 72.6. The fraction of sp³-hybridized carbons (Fsp3) is 0.692. The van der Waals surface area contributed by atoms with Gasteiger partial charge < -0.3 is 16.0 Å². The first-order valence-corrected chi connectivity index (χ1v) is 7.43. The first kappa shape index (κ1) is 21.1. The van der Waals surface area contributed by atoms with Gasteiger partial charge in [-0.15, -0.1) is 0 Å². The van der Waals surface area contributed by atoms with E-state index in [0.717, 1.165) is 0 Å². The van der Waals surface area contributed by atoms with Crippen LogP contribution in [0, 0.1) is 0 Å². The van der Waals surface area contributed by atoms with Crippen molar-refractivity contribution < 1.29 is 40.4 Å². The van der Waals surface area contributed by atoms with Crippen LogP contribution in [-0.4, -0.2) is 61.5 Å². The number of carbonyl (C=O) groups excluding carboxylic acids is 2. The minimum absolute atomic E-state index is 0.170. The number of hydrogen-bond donors (Lipinski definition) is 3. The zero-order chi connectivity index (χ0) is 19.1. The first-order chi connectivity index (χ1) is 11.5. The SMILES string of the molecule is O=C(NCCC[N+]1(CCCNC(=O)C(F)(F)F)C=CNC1)C(F)(F)F. The normalized spacial score (nSPS) is 16.4. The van der Waals surface area contributed by atoms with Crippen LogP contribution < -0.4 is 16.0 Å². The van der Waals surface area contributed by atoms with Gasteiger partial charge in [0.1, 0.15) is 6.20 Å². The minimum Gasteiger partial charge on any atom is -0.348 e. The third-order valence-electron chi connectivity index (χ3n) is 3.56. The Hall–Kier alpha value is -1.98. The predicted octanol–water partition coefficient (Wildman–Crippen LogP) is 0.972. The van der Waals surface area contributed by atoms with Gasteiger partial charge in [0, 0.05) is 25.9 Å². The van der Waals surface area contributed by atoms with Crippen LogP contribution in [0.15, 0.2) is 12.4 Å². The van der Waals surface area contributed by atoms with E-state index >= 15 is 0 Å². The Balaban J connectivity index is 2.34. The maximum Gasteiger partial charge on any atom is 0.471 e. The number of rotatable bonds is 8. The molecule has 0 unspecified atom stereocenters. The monoisotopic (exact) mass is 377 g/mol. The molecule has 1 heterocycles. The first-order valence-electron chi connectivity index (χ1n) is 7.43. The van der Waals surface area contributed by atoms with Gasteiger partial charge >= 0.3 is 24.2 Å². The van der Waals surface area contributed by atoms with Gasteiger partial charge in [-0.2, -0.15) is 26.3 Å². The number of alkyl halides is 6. The highest BCUT2D eigenvalue weighted by Gasteiger charge is 2.39. The summed E-state index contributed by atoms with van der Waals surface area (Å²) in [5.74, 6) is -4.02. The number of halogens is 6. The van der Waals surface area contributed by atoms with E-state index in [2.05, 4.69) is 5.32 Å². The minimum atomic E-state index is -4.93. The van der Waals surface area contributed by atoms with Crippen molar-refractivity contribution in [3.8, 4) is 0 Å². The molecule has 1 rings (SSSR count). The van der Waals surface area contributed by atoms with E-state index in [1.165, 1.54) is 0 Å². The van der Waals surface area contributed by atoms with Gasteiger partial charge in [0.05, 0.1) is 19.3 Å². The molecular formula is C13H19F6N4O2+. The molecule has 1 aliphatic heterocycles. The molecule has 0 spiro atoms. The third-order valence-corrected chi connectivity index (χ3v) is 3.56. The summed E-state index contributed by atoms with van der Waals surface area (Å²) >= 11 is 0. The van der Waals surface area contributed by atoms with Crippen LogP contribution in [0.25, 0.3) is 0 Å². The lowest BCUT2D eigenvalue weighted by Crippen LogP contribution is -2.48. The molecule has 0 saturated carbocycles. The van der Waals surface area contributed by atoms with Gasteiger partial charge in [0.15, 0.2) is 6.67 Å². The summed E-state index contributed by atoms with van der Waals surface area (Å²) in [7, 11) is 0. The molecule has 0 aromatic carbocycles. The molecule has 1 aliphatic rings. The van der Waals surface area contributed by atoms with Crippen molar-refractivity contribution in [2.75, 3.05) is 32.8 Å². The van der Waals surface area contributed by atoms with Crippen LogP contribution in [-0.2, 0) is 9.59 Å². The standard InChI is InChI=1S/C13H18F6N4O2/c14-12(15,16)10(24)21-3-1-6-23(8-5-20-9-23)7-2-4-22-11(25)13(17,18)19/h5,8,20H,1-4,6-7,9H2,(H-,21,22,24,25)/p+1. The van der Waals surface area contributed by atoms with Crippen molar-refractivity contribution in [2.45, 2.75) is 25.2 Å². The van der Waals surface area contributed by atoms with Crippen molar-refractivity contribution in [2.24, 2.45) is 0 Å². The van der Waals surface area contributed by atoms with E-state index in [0.29, 0.717) is 24.2 Å². The molecule has 25 heavy (non-hydrogen) atoms. The number of nitrogens with one attached hydrogen (secondary N) is 3. The second kappa shape index (κ2) is 8.41. The van der Waals surface area contributed by atoms with Crippen molar-refractivity contribution in [3.05, 3.63) is 12.4 Å². The largest absolute Gasteiger partial charge is 0.471 e. The summed E-state index contributed by atoms with van der Waals surface area (Å²) in [6, 6.07) is 0. The van der Waals surface area contributed by atoms with E-state index in [4.69, 9.17) is 0 Å². The molecule has 0 fully saturated rings. The van der Waals surface area contributed by atoms with Crippen LogP contribution in [0.2, 0.25) is 0 Å². The Kier molecular flexibility index (Phi) is 7.08. The lowest BCUT2D eigenvalue weighted by atomic mass is 10.2. The van der Waals surface area contributed by atoms with Gasteiger partial charge in [-0.1, -0.05) is 0 Å². The maximum absolute atomic E-state index is 12.1. The fourth-order valence-electron chi connectivity index (χ4n) is 2.31. The van der Waals surface area contributed by atoms with E-state index in [1.54, 1.807) is 23.0 Å². The second-order valence-corrected chi connectivity index (χ2v) is 5.56. The Morgan fingerprint density at radius 2 is 1.36 bits per heavy atom. The fourth-order valence-corrected chi connectivity index (χ4v) is 2.31. The molecule has 0 radical (unpaired) electrons. The van der Waals surface area contributed by atoms with Crippen molar-refractivity contribution in [1.29, 1.82) is 0 Å². The summed E-state index contributed by atoms with van der Waals surface area (Å²) in [5, 5.41) is 6.44. The molecule has 0 aliphatic carbocycles. The molecule has 0 atom stereocenters. The van der Waals surface area contributed by atoms with E-state index in [-0.39, 0.29) is 25.9 Å². The van der Waals surface area contributed by atoms with Gasteiger partial charge in [0.25, 0.3) is 0 Å². The zero-order valence-corrected chi connectivity index (χ0v) is 13.1. The zero-order valence-electron chi connectivity index (χ0n) is 13.1. The quantitative estimate of drug-likeness (QED) is 0.336. The Labute approximate surface area is 139 Å². The van der Waals surface area contributed by atoms with E-state index in [1.807, 2.05) is 0 Å². The van der Waals surface area contributed by atoms with Crippen molar-refractivity contribution in [1.82, 2.24) is 16.0 Å². The Morgan fingerprint density at radius 3 is 1.68 bits per heavy atom. The van der Waals surface area contributed by atoms with Crippen LogP contribution in [0.5, 0.6) is 0 Å². The molecule has 6 nitrogen and oxygen atoms in total. The third kappa shape index (κ3) is 7.20. The van der Waals surface area contributed by atoms with Crippen LogP contribution in [0.1, 0.15) is 12.8 Å². The van der Waals surface area contributed by atoms with Crippen molar-refractivity contribution >= 4 is 11.8 Å². The summed E-state index contributed by atoms with van der Waals surface area (Å²) in [6.07, 6.45) is -5.97. The highest BCUT2D eigenvalue weighted by Crippen LogP contribution is 2.16. The summed E-state index contributed by atoms with van der Waals surface area (Å²) in [6.45, 7) is 0.859. The summed E-state index contributed by atoms with van der Waals surface area (Å²) in [5.41, 5.74) is 0. The predicted molar refractivity (Wildman–Crippen MR) is 74.5 cm³/mol. The molecular weight excluding hydrogens is 358 g/mol. The molecule has 2 amide bonds. The Bertz CT molecular complexity index is 470. The van der Waals surface area contributed by atoms with Gasteiger partial charge in [-0.05, 0) is 0 Å². The number of hydrogen-bond acceptors (Lipinski definition) is 3. The maximum atomic E-state index is 12.1. The summed E-state index contributed by atoms with van der Waals surface area (Å²) in [4.78, 5) is 21.4. The molecule has 12 heteroatoms. The number of carbonyl (C=O) groups is 2. The second-order valence-electron chi connectivity index (χ2n) is 5.56.